The molecule has 0 radical (unpaired) electrons. The van der Waals surface area contributed by atoms with Gasteiger partial charge in [-0.2, -0.15) is 0 Å². The van der Waals surface area contributed by atoms with E-state index in [9.17, 15) is 4.79 Å². The van der Waals surface area contributed by atoms with Crippen molar-refractivity contribution in [1.29, 1.82) is 0 Å². The van der Waals surface area contributed by atoms with Gasteiger partial charge in [0.2, 0.25) is 18.1 Å². The van der Waals surface area contributed by atoms with Crippen LogP contribution in [0.15, 0.2) is 41.1 Å². The molecule has 0 spiro atoms. The van der Waals surface area contributed by atoms with Crippen molar-refractivity contribution in [2.24, 2.45) is 0 Å². The average Bonchev–Trinajstić information content (AvgIpc) is 3.30. The molecule has 0 atom stereocenters. The van der Waals surface area contributed by atoms with E-state index in [2.05, 4.69) is 14.8 Å². The maximum absolute atomic E-state index is 12.6. The second-order valence-corrected chi connectivity index (χ2v) is 6.26. The number of carbonyl (C=O) groups excluding carboxylic acids is 1. The van der Waals surface area contributed by atoms with E-state index in [-0.39, 0.29) is 12.4 Å². The first kappa shape index (κ1) is 18.8. The lowest BCUT2D eigenvalue weighted by Crippen LogP contribution is -2.13. The van der Waals surface area contributed by atoms with E-state index < -0.39 is 0 Å². The van der Waals surface area contributed by atoms with Crippen LogP contribution in [0.1, 0.15) is 28.2 Å². The van der Waals surface area contributed by atoms with Crippen LogP contribution in [-0.4, -0.2) is 40.9 Å². The molecular weight excluding hydrogens is 346 g/mol. The standard InChI is InChI=1S/C20H23N3O4/c1-14-11-18(15(2)23(14)9-4-10-25-3)19(24)12-26-17-7-5-16(6-8-17)20-22-21-13-27-20/h5-8,11,13H,4,9-10,12H2,1-3H3. The van der Waals surface area contributed by atoms with Crippen molar-refractivity contribution in [3.8, 4) is 17.2 Å². The van der Waals surface area contributed by atoms with E-state index >= 15 is 0 Å². The molecule has 7 nitrogen and oxygen atoms in total. The number of nitrogens with zero attached hydrogens (tertiary/aromatic N) is 3. The number of aryl methyl sites for hydroxylation is 1. The van der Waals surface area contributed by atoms with Crippen molar-refractivity contribution in [2.75, 3.05) is 20.3 Å². The Morgan fingerprint density at radius 1 is 1.22 bits per heavy atom. The topological polar surface area (TPSA) is 79.4 Å². The van der Waals surface area contributed by atoms with E-state index in [1.54, 1.807) is 19.2 Å². The van der Waals surface area contributed by atoms with Gasteiger partial charge in [0, 0.05) is 42.8 Å². The lowest BCUT2D eigenvalue weighted by molar-refractivity contribution is 0.0920. The number of hydrogen-bond donors (Lipinski definition) is 0. The summed E-state index contributed by atoms with van der Waals surface area (Å²) < 4.78 is 18.0. The first-order valence-corrected chi connectivity index (χ1v) is 8.78. The second kappa shape index (κ2) is 8.64. The molecule has 0 amide bonds. The number of Topliss-reactive ketones (excluding diaryl/α,β-unsaturated/α-hetero) is 1. The summed E-state index contributed by atoms with van der Waals surface area (Å²) in [5, 5.41) is 7.51. The van der Waals surface area contributed by atoms with E-state index in [0.29, 0.717) is 23.8 Å². The van der Waals surface area contributed by atoms with Crippen LogP contribution in [0.5, 0.6) is 5.75 Å². The Bertz CT molecular complexity index is 883. The van der Waals surface area contributed by atoms with Gasteiger partial charge in [-0.05, 0) is 50.6 Å². The van der Waals surface area contributed by atoms with Crippen LogP contribution >= 0.6 is 0 Å². The summed E-state index contributed by atoms with van der Waals surface area (Å²) in [6.07, 6.45) is 2.19. The zero-order valence-corrected chi connectivity index (χ0v) is 15.8. The fraction of sp³-hybridized carbons (Fsp3) is 0.350. The summed E-state index contributed by atoms with van der Waals surface area (Å²) in [5.41, 5.74) is 3.53. The molecule has 3 aromatic rings. The van der Waals surface area contributed by atoms with Crippen LogP contribution in [0, 0.1) is 13.8 Å². The minimum absolute atomic E-state index is 0.0116. The molecule has 0 aliphatic carbocycles. The summed E-state index contributed by atoms with van der Waals surface area (Å²) >= 11 is 0. The maximum Gasteiger partial charge on any atom is 0.247 e. The van der Waals surface area contributed by atoms with E-state index in [1.165, 1.54) is 6.39 Å². The number of ketones is 1. The van der Waals surface area contributed by atoms with Crippen molar-refractivity contribution in [3.63, 3.8) is 0 Å². The Hall–Kier alpha value is -2.93. The lowest BCUT2D eigenvalue weighted by Gasteiger charge is -2.09. The van der Waals surface area contributed by atoms with E-state index in [1.807, 2.05) is 32.0 Å². The number of carbonyl (C=O) groups is 1. The van der Waals surface area contributed by atoms with Gasteiger partial charge in [-0.1, -0.05) is 0 Å². The largest absolute Gasteiger partial charge is 0.485 e. The van der Waals surface area contributed by atoms with Crippen LogP contribution in [0.2, 0.25) is 0 Å². The number of methoxy groups -OCH3 is 1. The molecular formula is C20H23N3O4. The quantitative estimate of drug-likeness (QED) is 0.425. The molecule has 0 saturated heterocycles. The number of aromatic nitrogens is 3. The molecule has 1 aromatic carbocycles. The predicted molar refractivity (Wildman–Crippen MR) is 100.0 cm³/mol. The normalized spacial score (nSPS) is 10.9. The number of ether oxygens (including phenoxy) is 2. The van der Waals surface area contributed by atoms with Crippen LogP contribution in [0.25, 0.3) is 11.5 Å². The Morgan fingerprint density at radius 2 is 2.00 bits per heavy atom. The molecule has 0 aliphatic rings. The van der Waals surface area contributed by atoms with Gasteiger partial charge >= 0.3 is 0 Å². The summed E-state index contributed by atoms with van der Waals surface area (Å²) in [6, 6.07) is 9.11. The van der Waals surface area contributed by atoms with Gasteiger partial charge in [-0.25, -0.2) is 0 Å². The summed E-state index contributed by atoms with van der Waals surface area (Å²) in [7, 11) is 1.69. The molecule has 0 saturated carbocycles. The Morgan fingerprint density at radius 3 is 2.67 bits per heavy atom. The monoisotopic (exact) mass is 369 g/mol. The molecule has 0 bridgehead atoms. The first-order chi connectivity index (χ1) is 13.1. The van der Waals surface area contributed by atoms with Crippen molar-refractivity contribution >= 4 is 5.78 Å². The third kappa shape index (κ3) is 4.43. The number of hydrogen-bond acceptors (Lipinski definition) is 6. The van der Waals surface area contributed by atoms with Gasteiger partial charge in [0.25, 0.3) is 0 Å². The molecule has 0 unspecified atom stereocenters. The van der Waals surface area contributed by atoms with Crippen molar-refractivity contribution in [3.05, 3.63) is 53.7 Å². The Balaban J connectivity index is 1.61. The third-order valence-corrected chi connectivity index (χ3v) is 4.44. The van der Waals surface area contributed by atoms with Gasteiger partial charge in [0.05, 0.1) is 0 Å². The second-order valence-electron chi connectivity index (χ2n) is 6.26. The van der Waals surface area contributed by atoms with Gasteiger partial charge in [0.15, 0.2) is 6.61 Å². The maximum atomic E-state index is 12.6. The molecule has 0 N–H and O–H groups in total. The van der Waals surface area contributed by atoms with Gasteiger partial charge in [0.1, 0.15) is 5.75 Å². The average molecular weight is 369 g/mol. The Kier molecular flexibility index (Phi) is 6.03. The van der Waals surface area contributed by atoms with Crippen LogP contribution in [0.3, 0.4) is 0 Å². The van der Waals surface area contributed by atoms with Crippen LogP contribution in [0.4, 0.5) is 0 Å². The fourth-order valence-corrected chi connectivity index (χ4v) is 3.01. The molecule has 0 aliphatic heterocycles. The minimum Gasteiger partial charge on any atom is -0.485 e. The summed E-state index contributed by atoms with van der Waals surface area (Å²) in [6.45, 7) is 5.49. The highest BCUT2D eigenvalue weighted by molar-refractivity contribution is 5.98. The smallest absolute Gasteiger partial charge is 0.247 e. The highest BCUT2D eigenvalue weighted by atomic mass is 16.5. The lowest BCUT2D eigenvalue weighted by atomic mass is 10.1. The van der Waals surface area contributed by atoms with Crippen LogP contribution in [-0.2, 0) is 11.3 Å². The van der Waals surface area contributed by atoms with Crippen LogP contribution < -0.4 is 4.74 Å². The molecule has 3 rings (SSSR count). The molecule has 7 heteroatoms. The van der Waals surface area contributed by atoms with Gasteiger partial charge < -0.3 is 18.5 Å². The minimum atomic E-state index is -0.0398. The van der Waals surface area contributed by atoms with Gasteiger partial charge in [-0.15, -0.1) is 10.2 Å². The fourth-order valence-electron chi connectivity index (χ4n) is 3.01. The Labute approximate surface area is 157 Å². The summed E-state index contributed by atoms with van der Waals surface area (Å²) in [4.78, 5) is 12.6. The molecule has 2 heterocycles. The van der Waals surface area contributed by atoms with Crippen molar-refractivity contribution in [2.45, 2.75) is 26.8 Å². The third-order valence-electron chi connectivity index (χ3n) is 4.44. The summed E-state index contributed by atoms with van der Waals surface area (Å²) in [5.74, 6) is 1.01. The molecule has 2 aromatic heterocycles. The number of rotatable bonds is 9. The molecule has 142 valence electrons. The zero-order valence-electron chi connectivity index (χ0n) is 15.8. The number of benzene rings is 1. The first-order valence-electron chi connectivity index (χ1n) is 8.78. The molecule has 27 heavy (non-hydrogen) atoms. The van der Waals surface area contributed by atoms with Crippen molar-refractivity contribution < 1.29 is 18.7 Å². The van der Waals surface area contributed by atoms with E-state index in [0.717, 1.165) is 29.9 Å². The van der Waals surface area contributed by atoms with Crippen molar-refractivity contribution in [1.82, 2.24) is 14.8 Å². The van der Waals surface area contributed by atoms with Gasteiger partial charge in [-0.3, -0.25) is 4.79 Å². The predicted octanol–water partition coefficient (Wildman–Crippen LogP) is 3.45. The highest BCUT2D eigenvalue weighted by Gasteiger charge is 2.16. The van der Waals surface area contributed by atoms with E-state index in [4.69, 9.17) is 13.9 Å². The zero-order chi connectivity index (χ0) is 19.2. The molecule has 0 fully saturated rings. The highest BCUT2D eigenvalue weighted by Crippen LogP contribution is 2.21. The SMILES string of the molecule is COCCCn1c(C)cc(C(=O)COc2ccc(-c3nnco3)cc2)c1C.